The third kappa shape index (κ3) is 8.68. The summed E-state index contributed by atoms with van der Waals surface area (Å²) in [6.07, 6.45) is 2.95. The second-order valence-corrected chi connectivity index (χ2v) is 14.3. The van der Waals surface area contributed by atoms with Gasteiger partial charge in [0.15, 0.2) is 5.60 Å². The fourth-order valence-electron chi connectivity index (χ4n) is 6.32. The van der Waals surface area contributed by atoms with E-state index in [9.17, 15) is 24.0 Å². The van der Waals surface area contributed by atoms with Crippen molar-refractivity contribution >= 4 is 35.3 Å². The number of likely N-dealkylation sites (tertiary alicyclic amines) is 1. The van der Waals surface area contributed by atoms with Crippen LogP contribution in [0.15, 0.2) is 35.5 Å². The number of carbonyl (C=O) groups is 5. The standard InChI is InChI=1S/C34H47N5O8/c1-5-9-25(27(40)30(42)35-22-12-13-22)36-29(41)26-18-34(17-23(38-47-34)16-21-10-7-6-8-11-21)20-39(26)31(43)28(33(2,3)4)37-32(44)46-24-14-15-45-19-24/h6-8,10-11,22,24-26,28H,5,9,12-20H2,1-4H3,(H,35,42)(H,36,41)(H,37,44)/t24-,25-,26-,28+,34+/m0/s1. The third-order valence-electron chi connectivity index (χ3n) is 9.01. The SMILES string of the molecule is CCC[C@H](NC(=O)[C@@H]1C[C@]2(CC(Cc3ccccc3)=NO2)CN1C(=O)[C@@H](NC(=O)O[C@H]1CCOC1)C(C)(C)C)C(=O)C(=O)NC1CC1. The number of hydrogen-bond donors (Lipinski definition) is 3. The summed E-state index contributed by atoms with van der Waals surface area (Å²) in [5.74, 6) is -2.49. The Morgan fingerprint density at radius 3 is 2.47 bits per heavy atom. The Bertz CT molecular complexity index is 1370. The fraction of sp³-hybridized carbons (Fsp3) is 0.647. The molecule has 3 heterocycles. The number of Topliss-reactive ketones (excluding diaryl/α,β-unsaturated/α-hetero) is 1. The normalized spacial score (nSPS) is 25.0. The van der Waals surface area contributed by atoms with E-state index in [4.69, 9.17) is 14.3 Å². The van der Waals surface area contributed by atoms with E-state index in [2.05, 4.69) is 21.1 Å². The largest absolute Gasteiger partial charge is 0.444 e. The van der Waals surface area contributed by atoms with Gasteiger partial charge in [-0.1, -0.05) is 69.6 Å². The summed E-state index contributed by atoms with van der Waals surface area (Å²) in [5.41, 5.74) is 0.111. The van der Waals surface area contributed by atoms with Gasteiger partial charge in [0.2, 0.25) is 17.6 Å². The van der Waals surface area contributed by atoms with Crippen molar-refractivity contribution in [2.24, 2.45) is 10.6 Å². The molecular weight excluding hydrogens is 606 g/mol. The number of alkyl carbamates (subject to hydrolysis) is 1. The number of carbonyl (C=O) groups excluding carboxylic acids is 5. The van der Waals surface area contributed by atoms with Crippen LogP contribution in [0.4, 0.5) is 4.79 Å². The predicted octanol–water partition coefficient (Wildman–Crippen LogP) is 2.41. The molecule has 5 atom stereocenters. The average molecular weight is 654 g/mol. The molecule has 3 fully saturated rings. The molecule has 13 nitrogen and oxygen atoms in total. The van der Waals surface area contributed by atoms with Crippen molar-refractivity contribution in [3.05, 3.63) is 35.9 Å². The molecule has 1 aliphatic carbocycles. The van der Waals surface area contributed by atoms with Crippen LogP contribution in [0.25, 0.3) is 0 Å². The summed E-state index contributed by atoms with van der Waals surface area (Å²) in [6.45, 7) is 8.13. The van der Waals surface area contributed by atoms with E-state index in [0.29, 0.717) is 32.3 Å². The number of nitrogens with zero attached hydrogens (tertiary/aromatic N) is 2. The van der Waals surface area contributed by atoms with Crippen LogP contribution in [-0.4, -0.2) is 95.8 Å². The first kappa shape index (κ1) is 34.3. The van der Waals surface area contributed by atoms with Crippen molar-refractivity contribution in [2.45, 2.75) is 115 Å². The highest BCUT2D eigenvalue weighted by Gasteiger charge is 2.55. The Balaban J connectivity index is 1.36. The molecule has 47 heavy (non-hydrogen) atoms. The highest BCUT2D eigenvalue weighted by atomic mass is 16.7. The minimum Gasteiger partial charge on any atom is -0.444 e. The molecule has 3 N–H and O–H groups in total. The van der Waals surface area contributed by atoms with Crippen molar-refractivity contribution in [3.8, 4) is 0 Å². The first-order chi connectivity index (χ1) is 22.4. The second kappa shape index (κ2) is 14.4. The lowest BCUT2D eigenvalue weighted by Crippen LogP contribution is -2.59. The van der Waals surface area contributed by atoms with Crippen molar-refractivity contribution in [2.75, 3.05) is 19.8 Å². The maximum atomic E-state index is 14.4. The van der Waals surface area contributed by atoms with Gasteiger partial charge in [0.05, 0.1) is 31.5 Å². The molecule has 3 aliphatic heterocycles. The van der Waals surface area contributed by atoms with E-state index in [-0.39, 0.29) is 32.0 Å². The lowest BCUT2D eigenvalue weighted by molar-refractivity contribution is -0.144. The van der Waals surface area contributed by atoms with E-state index >= 15 is 0 Å². The highest BCUT2D eigenvalue weighted by molar-refractivity contribution is 6.38. The molecule has 0 radical (unpaired) electrons. The van der Waals surface area contributed by atoms with Crippen molar-refractivity contribution in [1.82, 2.24) is 20.9 Å². The van der Waals surface area contributed by atoms with Crippen LogP contribution in [0.5, 0.6) is 0 Å². The summed E-state index contributed by atoms with van der Waals surface area (Å²) >= 11 is 0. The van der Waals surface area contributed by atoms with Gasteiger partial charge in [0.1, 0.15) is 18.2 Å². The monoisotopic (exact) mass is 653 g/mol. The Labute approximate surface area is 275 Å². The Morgan fingerprint density at radius 1 is 1.09 bits per heavy atom. The first-order valence-corrected chi connectivity index (χ1v) is 16.7. The number of rotatable bonds is 12. The number of amides is 4. The van der Waals surface area contributed by atoms with Gasteiger partial charge in [-0.25, -0.2) is 4.79 Å². The average Bonchev–Trinajstić information content (AvgIpc) is 3.37. The summed E-state index contributed by atoms with van der Waals surface area (Å²) in [5, 5.41) is 12.6. The van der Waals surface area contributed by atoms with Gasteiger partial charge in [0.25, 0.3) is 5.91 Å². The van der Waals surface area contributed by atoms with Gasteiger partial charge in [-0.15, -0.1) is 0 Å². The molecule has 0 unspecified atom stereocenters. The van der Waals surface area contributed by atoms with Crippen LogP contribution in [0, 0.1) is 5.41 Å². The molecule has 256 valence electrons. The molecule has 1 aromatic carbocycles. The maximum Gasteiger partial charge on any atom is 0.408 e. The lowest BCUT2D eigenvalue weighted by atomic mass is 9.85. The maximum absolute atomic E-state index is 14.4. The van der Waals surface area contributed by atoms with Crippen LogP contribution in [0.3, 0.4) is 0 Å². The van der Waals surface area contributed by atoms with Crippen molar-refractivity contribution < 1.29 is 38.3 Å². The van der Waals surface area contributed by atoms with Crippen molar-refractivity contribution in [1.29, 1.82) is 0 Å². The van der Waals surface area contributed by atoms with Gasteiger partial charge in [-0.05, 0) is 30.2 Å². The third-order valence-corrected chi connectivity index (χ3v) is 9.01. The Hall–Kier alpha value is -4.00. The van der Waals surface area contributed by atoms with E-state index in [1.807, 2.05) is 58.0 Å². The molecular formula is C34H47N5O8. The molecule has 1 saturated carbocycles. The number of ether oxygens (including phenoxy) is 2. The molecule has 1 aromatic rings. The zero-order valence-corrected chi connectivity index (χ0v) is 27.7. The first-order valence-electron chi connectivity index (χ1n) is 16.7. The number of oxime groups is 1. The number of benzene rings is 1. The summed E-state index contributed by atoms with van der Waals surface area (Å²) in [6, 6.07) is 6.67. The van der Waals surface area contributed by atoms with Crippen LogP contribution in [0.2, 0.25) is 0 Å². The van der Waals surface area contributed by atoms with Crippen LogP contribution in [0.1, 0.15) is 78.2 Å². The minimum atomic E-state index is -1.05. The zero-order valence-electron chi connectivity index (χ0n) is 27.7. The molecule has 4 aliphatic rings. The molecule has 13 heteroatoms. The fourth-order valence-corrected chi connectivity index (χ4v) is 6.32. The van der Waals surface area contributed by atoms with E-state index in [1.165, 1.54) is 4.90 Å². The van der Waals surface area contributed by atoms with Gasteiger partial charge in [0, 0.05) is 31.7 Å². The summed E-state index contributed by atoms with van der Waals surface area (Å²) in [7, 11) is 0. The topological polar surface area (TPSA) is 165 Å². The van der Waals surface area contributed by atoms with Gasteiger partial charge >= 0.3 is 6.09 Å². The van der Waals surface area contributed by atoms with E-state index < -0.39 is 64.8 Å². The lowest BCUT2D eigenvalue weighted by Gasteiger charge is -2.35. The van der Waals surface area contributed by atoms with E-state index in [1.54, 1.807) is 0 Å². The van der Waals surface area contributed by atoms with Gasteiger partial charge in [-0.2, -0.15) is 0 Å². The minimum absolute atomic E-state index is 0.00783. The number of nitrogens with one attached hydrogen (secondary N) is 3. The molecule has 4 amide bonds. The number of ketones is 1. The quantitative estimate of drug-likeness (QED) is 0.290. The second-order valence-electron chi connectivity index (χ2n) is 14.3. The van der Waals surface area contributed by atoms with Crippen LogP contribution < -0.4 is 16.0 Å². The zero-order chi connectivity index (χ0) is 33.8. The van der Waals surface area contributed by atoms with Crippen LogP contribution >= 0.6 is 0 Å². The molecule has 0 aromatic heterocycles. The van der Waals surface area contributed by atoms with Gasteiger partial charge < -0.3 is 35.2 Å². The smallest absolute Gasteiger partial charge is 0.408 e. The molecule has 0 bridgehead atoms. The van der Waals surface area contributed by atoms with Crippen molar-refractivity contribution in [3.63, 3.8) is 0 Å². The van der Waals surface area contributed by atoms with Crippen LogP contribution in [-0.2, 0) is 39.9 Å². The summed E-state index contributed by atoms with van der Waals surface area (Å²) in [4.78, 5) is 74.6. The highest BCUT2D eigenvalue weighted by Crippen LogP contribution is 2.39. The Kier molecular flexibility index (Phi) is 10.5. The summed E-state index contributed by atoms with van der Waals surface area (Å²) < 4.78 is 10.8. The molecule has 5 rings (SSSR count). The van der Waals surface area contributed by atoms with E-state index in [0.717, 1.165) is 24.1 Å². The predicted molar refractivity (Wildman–Crippen MR) is 171 cm³/mol. The number of hydrogen-bond acceptors (Lipinski definition) is 9. The molecule has 1 spiro atoms. The molecule has 2 saturated heterocycles. The van der Waals surface area contributed by atoms with Gasteiger partial charge in [-0.3, -0.25) is 19.2 Å². The Morgan fingerprint density at radius 2 is 1.83 bits per heavy atom.